The fraction of sp³-hybridized carbons (Fsp3) is 0.400. The number of hydrogen-bond donors (Lipinski definition) is 1. The van der Waals surface area contributed by atoms with Gasteiger partial charge in [-0.2, -0.15) is 0 Å². The largest absolute Gasteiger partial charge is 0.469 e. The molecular weight excluding hydrogens is 270 g/mol. The molecule has 0 bridgehead atoms. The smallest absolute Gasteiger partial charge is 0.306 e. The second-order valence-corrected chi connectivity index (χ2v) is 4.75. The highest BCUT2D eigenvalue weighted by atomic mass is 16.5. The van der Waals surface area contributed by atoms with Crippen LogP contribution in [0.1, 0.15) is 18.7 Å². The molecule has 1 amide bonds. The van der Waals surface area contributed by atoms with Crippen molar-refractivity contribution in [1.29, 1.82) is 0 Å². The first-order chi connectivity index (χ1) is 10.1. The fourth-order valence-corrected chi connectivity index (χ4v) is 2.14. The van der Waals surface area contributed by atoms with E-state index in [2.05, 4.69) is 15.0 Å². The van der Waals surface area contributed by atoms with Gasteiger partial charge in [0, 0.05) is 26.4 Å². The number of imidazole rings is 1. The number of rotatable bonds is 6. The number of methoxy groups -OCH3 is 1. The Morgan fingerprint density at radius 3 is 2.76 bits per heavy atom. The van der Waals surface area contributed by atoms with E-state index in [9.17, 15) is 9.59 Å². The van der Waals surface area contributed by atoms with E-state index >= 15 is 0 Å². The van der Waals surface area contributed by atoms with E-state index in [1.807, 2.05) is 35.9 Å². The molecule has 1 aromatic carbocycles. The SMILES string of the molecule is COC(=O)CCC(=O)NCCc1nc2ccccc2n1C. The van der Waals surface area contributed by atoms with E-state index < -0.39 is 0 Å². The number of nitrogens with zero attached hydrogens (tertiary/aromatic N) is 2. The Morgan fingerprint density at radius 1 is 1.29 bits per heavy atom. The van der Waals surface area contributed by atoms with Crippen molar-refractivity contribution in [3.05, 3.63) is 30.1 Å². The van der Waals surface area contributed by atoms with E-state index in [1.54, 1.807) is 0 Å². The van der Waals surface area contributed by atoms with Crippen LogP contribution in [0.5, 0.6) is 0 Å². The number of hydrogen-bond acceptors (Lipinski definition) is 4. The maximum Gasteiger partial charge on any atom is 0.306 e. The average Bonchev–Trinajstić information content (AvgIpc) is 2.82. The molecule has 112 valence electrons. The lowest BCUT2D eigenvalue weighted by atomic mass is 10.3. The molecule has 6 heteroatoms. The summed E-state index contributed by atoms with van der Waals surface area (Å²) in [4.78, 5) is 27.0. The molecule has 0 saturated heterocycles. The monoisotopic (exact) mass is 289 g/mol. The molecule has 0 spiro atoms. The summed E-state index contributed by atoms with van der Waals surface area (Å²) in [6.07, 6.45) is 0.902. The molecule has 0 unspecified atom stereocenters. The third-order valence-electron chi connectivity index (χ3n) is 3.33. The lowest BCUT2D eigenvalue weighted by Crippen LogP contribution is -2.26. The summed E-state index contributed by atoms with van der Waals surface area (Å²) in [6, 6.07) is 7.91. The summed E-state index contributed by atoms with van der Waals surface area (Å²) in [7, 11) is 3.27. The fourth-order valence-electron chi connectivity index (χ4n) is 2.14. The molecule has 0 aliphatic carbocycles. The number of amides is 1. The van der Waals surface area contributed by atoms with Gasteiger partial charge in [-0.05, 0) is 12.1 Å². The summed E-state index contributed by atoms with van der Waals surface area (Å²) >= 11 is 0. The number of carbonyl (C=O) groups is 2. The minimum atomic E-state index is -0.375. The summed E-state index contributed by atoms with van der Waals surface area (Å²) in [5.41, 5.74) is 2.02. The Balaban J connectivity index is 1.83. The van der Waals surface area contributed by atoms with Crippen molar-refractivity contribution in [1.82, 2.24) is 14.9 Å². The quantitative estimate of drug-likeness (QED) is 0.811. The molecule has 2 aromatic rings. The third kappa shape index (κ3) is 3.81. The Hall–Kier alpha value is -2.37. The van der Waals surface area contributed by atoms with Gasteiger partial charge in [0.2, 0.25) is 5.91 Å². The highest BCUT2D eigenvalue weighted by molar-refractivity contribution is 5.81. The maximum atomic E-state index is 11.6. The minimum absolute atomic E-state index is 0.106. The molecule has 0 saturated carbocycles. The summed E-state index contributed by atoms with van der Waals surface area (Å²) in [5.74, 6) is 0.393. The van der Waals surface area contributed by atoms with Crippen LogP contribution in [0.4, 0.5) is 0 Å². The molecule has 6 nitrogen and oxygen atoms in total. The summed E-state index contributed by atoms with van der Waals surface area (Å²) < 4.78 is 6.52. The van der Waals surface area contributed by atoms with E-state index in [-0.39, 0.29) is 24.7 Å². The molecular formula is C15H19N3O3. The van der Waals surface area contributed by atoms with E-state index in [1.165, 1.54) is 7.11 Å². The van der Waals surface area contributed by atoms with Gasteiger partial charge < -0.3 is 14.6 Å². The molecule has 21 heavy (non-hydrogen) atoms. The topological polar surface area (TPSA) is 73.2 Å². The first-order valence-corrected chi connectivity index (χ1v) is 6.85. The lowest BCUT2D eigenvalue weighted by molar-refractivity contribution is -0.142. The Kier molecular flexibility index (Phi) is 4.92. The molecule has 0 radical (unpaired) electrons. The number of aromatic nitrogens is 2. The van der Waals surface area contributed by atoms with Crippen LogP contribution in [0.3, 0.4) is 0 Å². The molecule has 0 fully saturated rings. The van der Waals surface area contributed by atoms with Crippen LogP contribution in [0, 0.1) is 0 Å². The van der Waals surface area contributed by atoms with Gasteiger partial charge in [0.15, 0.2) is 0 Å². The number of para-hydroxylation sites is 2. The van der Waals surface area contributed by atoms with E-state index in [4.69, 9.17) is 0 Å². The van der Waals surface area contributed by atoms with Crippen molar-refractivity contribution in [2.45, 2.75) is 19.3 Å². The number of fused-ring (bicyclic) bond motifs is 1. The number of benzene rings is 1. The van der Waals surface area contributed by atoms with Crippen molar-refractivity contribution in [2.75, 3.05) is 13.7 Å². The Morgan fingerprint density at radius 2 is 2.05 bits per heavy atom. The Bertz CT molecular complexity index is 649. The molecule has 2 rings (SSSR count). The molecule has 1 heterocycles. The zero-order chi connectivity index (χ0) is 15.2. The van der Waals surface area contributed by atoms with Gasteiger partial charge in [0.05, 0.1) is 24.6 Å². The standard InChI is InChI=1S/C15H19N3O3/c1-18-12-6-4-3-5-11(12)17-13(18)9-10-16-14(19)7-8-15(20)21-2/h3-6H,7-10H2,1-2H3,(H,16,19). The van der Waals surface area contributed by atoms with Gasteiger partial charge in [-0.1, -0.05) is 12.1 Å². The van der Waals surface area contributed by atoms with Gasteiger partial charge in [0.1, 0.15) is 5.82 Å². The van der Waals surface area contributed by atoms with Crippen molar-refractivity contribution in [3.8, 4) is 0 Å². The van der Waals surface area contributed by atoms with Gasteiger partial charge in [0.25, 0.3) is 0 Å². The number of esters is 1. The Labute approximate surface area is 123 Å². The van der Waals surface area contributed by atoms with E-state index in [0.29, 0.717) is 13.0 Å². The van der Waals surface area contributed by atoms with Gasteiger partial charge in [-0.25, -0.2) is 4.98 Å². The van der Waals surface area contributed by atoms with Gasteiger partial charge >= 0.3 is 5.97 Å². The van der Waals surface area contributed by atoms with Crippen LogP contribution in [0.2, 0.25) is 0 Å². The highest BCUT2D eigenvalue weighted by Gasteiger charge is 2.09. The van der Waals surface area contributed by atoms with Crippen LogP contribution in [-0.2, 0) is 27.8 Å². The van der Waals surface area contributed by atoms with E-state index in [0.717, 1.165) is 16.9 Å². The van der Waals surface area contributed by atoms with Crippen LogP contribution >= 0.6 is 0 Å². The predicted octanol–water partition coefficient (Wildman–Crippen LogP) is 1.19. The molecule has 1 aromatic heterocycles. The number of carbonyl (C=O) groups excluding carboxylic acids is 2. The normalized spacial score (nSPS) is 10.6. The highest BCUT2D eigenvalue weighted by Crippen LogP contribution is 2.14. The molecule has 1 N–H and O–H groups in total. The second kappa shape index (κ2) is 6.88. The van der Waals surface area contributed by atoms with Crippen molar-refractivity contribution >= 4 is 22.9 Å². The average molecular weight is 289 g/mol. The minimum Gasteiger partial charge on any atom is -0.469 e. The van der Waals surface area contributed by atoms with Crippen molar-refractivity contribution in [3.63, 3.8) is 0 Å². The van der Waals surface area contributed by atoms with Gasteiger partial charge in [-0.15, -0.1) is 0 Å². The van der Waals surface area contributed by atoms with Crippen molar-refractivity contribution in [2.24, 2.45) is 7.05 Å². The summed E-state index contributed by atoms with van der Waals surface area (Å²) in [5, 5.41) is 2.78. The maximum absolute atomic E-state index is 11.6. The molecule has 0 atom stereocenters. The van der Waals surface area contributed by atoms with Crippen molar-refractivity contribution < 1.29 is 14.3 Å². The molecule has 0 aliphatic rings. The zero-order valence-electron chi connectivity index (χ0n) is 12.3. The van der Waals surface area contributed by atoms with Crippen LogP contribution in [0.25, 0.3) is 11.0 Å². The third-order valence-corrected chi connectivity index (χ3v) is 3.33. The predicted molar refractivity (Wildman–Crippen MR) is 78.7 cm³/mol. The molecule has 0 aliphatic heterocycles. The number of aryl methyl sites for hydroxylation is 1. The van der Waals surface area contributed by atoms with Crippen LogP contribution in [0.15, 0.2) is 24.3 Å². The lowest BCUT2D eigenvalue weighted by Gasteiger charge is -2.05. The van der Waals surface area contributed by atoms with Crippen LogP contribution in [-0.4, -0.2) is 35.1 Å². The summed E-state index contributed by atoms with van der Waals surface area (Å²) in [6.45, 7) is 0.497. The first-order valence-electron chi connectivity index (χ1n) is 6.85. The number of nitrogens with one attached hydrogen (secondary N) is 1. The first kappa shape index (κ1) is 15.0. The van der Waals surface area contributed by atoms with Crippen LogP contribution < -0.4 is 5.32 Å². The number of ether oxygens (including phenoxy) is 1. The second-order valence-electron chi connectivity index (χ2n) is 4.75. The van der Waals surface area contributed by atoms with Gasteiger partial charge in [-0.3, -0.25) is 9.59 Å². The zero-order valence-corrected chi connectivity index (χ0v) is 12.3.